The van der Waals surface area contributed by atoms with Gasteiger partial charge in [-0.1, -0.05) is 0 Å². The number of carboxylic acids is 1. The first-order valence-electron chi connectivity index (χ1n) is 4.11. The van der Waals surface area contributed by atoms with Gasteiger partial charge in [-0.25, -0.2) is 0 Å². The van der Waals surface area contributed by atoms with Gasteiger partial charge >= 0.3 is 11.9 Å². The average Bonchev–Trinajstić information content (AvgIpc) is 2.14. The molecule has 6 heteroatoms. The van der Waals surface area contributed by atoms with Crippen LogP contribution in [0, 0.1) is 5.92 Å². The van der Waals surface area contributed by atoms with E-state index in [2.05, 4.69) is 4.74 Å². The molecule has 0 aromatic heterocycles. The predicted molar refractivity (Wildman–Crippen MR) is 45.5 cm³/mol. The number of esters is 1. The van der Waals surface area contributed by atoms with Crippen LogP contribution in [0.5, 0.6) is 0 Å². The van der Waals surface area contributed by atoms with Crippen LogP contribution in [0.4, 0.5) is 0 Å². The lowest BCUT2D eigenvalue weighted by Gasteiger charge is -2.15. The fourth-order valence-electron chi connectivity index (χ4n) is 0.933. The zero-order valence-electron chi connectivity index (χ0n) is 7.84. The molecule has 0 aliphatic rings. The van der Waals surface area contributed by atoms with Gasteiger partial charge in [0.2, 0.25) is 0 Å². The second kappa shape index (κ2) is 6.33. The smallest absolute Gasteiger partial charge is 0.311 e. The Hall–Kier alpha value is -1.14. The van der Waals surface area contributed by atoms with E-state index in [1.54, 1.807) is 0 Å². The van der Waals surface area contributed by atoms with Crippen molar-refractivity contribution in [1.29, 1.82) is 0 Å². The largest absolute Gasteiger partial charge is 0.481 e. The molecule has 6 nitrogen and oxygen atoms in total. The summed E-state index contributed by atoms with van der Waals surface area (Å²) in [6, 6.07) is 0. The number of carboxylic acid groups (broad SMARTS) is 1. The minimum atomic E-state index is -1.29. The summed E-state index contributed by atoms with van der Waals surface area (Å²) in [7, 11) is 1.20. The van der Waals surface area contributed by atoms with Crippen LogP contribution in [0.2, 0.25) is 0 Å². The Balaban J connectivity index is 3.98. The predicted octanol–water partition coefficient (Wildman–Crippen LogP) is -1.01. The van der Waals surface area contributed by atoms with Gasteiger partial charge in [0.25, 0.3) is 0 Å². The zero-order valence-corrected chi connectivity index (χ0v) is 7.84. The van der Waals surface area contributed by atoms with Crippen LogP contribution in [0.25, 0.3) is 0 Å². The van der Waals surface area contributed by atoms with Gasteiger partial charge in [0, 0.05) is 6.42 Å². The van der Waals surface area contributed by atoms with Crippen molar-refractivity contribution in [3.63, 3.8) is 0 Å². The number of aliphatic carboxylic acids is 1. The van der Waals surface area contributed by atoms with Gasteiger partial charge in [-0.05, 0) is 6.42 Å². The van der Waals surface area contributed by atoms with E-state index in [4.69, 9.17) is 10.2 Å². The summed E-state index contributed by atoms with van der Waals surface area (Å²) in [4.78, 5) is 21.1. The fraction of sp³-hybridized carbons (Fsp3) is 0.750. The first-order valence-corrected chi connectivity index (χ1v) is 4.11. The Bertz CT molecular complexity index is 202. The van der Waals surface area contributed by atoms with Gasteiger partial charge in [-0.3, -0.25) is 9.59 Å². The van der Waals surface area contributed by atoms with Gasteiger partial charge in [0.15, 0.2) is 0 Å². The molecule has 0 saturated heterocycles. The van der Waals surface area contributed by atoms with E-state index < -0.39 is 30.6 Å². The molecule has 0 spiro atoms. The van der Waals surface area contributed by atoms with Gasteiger partial charge in [-0.2, -0.15) is 0 Å². The molecule has 0 fully saturated rings. The number of aliphatic hydroxyl groups is 2. The van der Waals surface area contributed by atoms with E-state index in [1.807, 2.05) is 0 Å². The molecule has 0 bridgehead atoms. The first kappa shape index (κ1) is 12.9. The van der Waals surface area contributed by atoms with E-state index in [0.717, 1.165) is 0 Å². The van der Waals surface area contributed by atoms with Crippen molar-refractivity contribution in [2.75, 3.05) is 13.7 Å². The minimum absolute atomic E-state index is 0.0375. The fourth-order valence-corrected chi connectivity index (χ4v) is 0.933. The first-order chi connectivity index (χ1) is 6.52. The number of carbonyl (C=O) groups is 2. The number of ether oxygens (including phenoxy) is 1. The van der Waals surface area contributed by atoms with Crippen molar-refractivity contribution >= 4 is 11.9 Å². The highest BCUT2D eigenvalue weighted by atomic mass is 16.5. The van der Waals surface area contributed by atoms with Crippen LogP contribution >= 0.6 is 0 Å². The van der Waals surface area contributed by atoms with Gasteiger partial charge in [0.05, 0.1) is 19.8 Å². The maximum Gasteiger partial charge on any atom is 0.311 e. The van der Waals surface area contributed by atoms with E-state index in [9.17, 15) is 14.7 Å². The summed E-state index contributed by atoms with van der Waals surface area (Å²) in [6.45, 7) is -0.655. The van der Waals surface area contributed by atoms with Crippen molar-refractivity contribution in [3.05, 3.63) is 0 Å². The molecule has 3 N–H and O–H groups in total. The summed E-state index contributed by atoms with van der Waals surface area (Å²) < 4.78 is 4.31. The Morgan fingerprint density at radius 1 is 1.43 bits per heavy atom. The lowest BCUT2D eigenvalue weighted by molar-refractivity contribution is -0.149. The summed E-state index contributed by atoms with van der Waals surface area (Å²) in [5, 5.41) is 26.4. The summed E-state index contributed by atoms with van der Waals surface area (Å²) in [6.07, 6.45) is -1.34. The van der Waals surface area contributed by atoms with E-state index in [1.165, 1.54) is 7.11 Å². The van der Waals surface area contributed by atoms with E-state index in [-0.39, 0.29) is 12.8 Å². The molecule has 0 amide bonds. The SMILES string of the molecule is COC(=O)CCC(O)C(CO)C(=O)O. The molecule has 0 aromatic carbocycles. The highest BCUT2D eigenvalue weighted by Gasteiger charge is 2.25. The van der Waals surface area contributed by atoms with Crippen molar-refractivity contribution in [1.82, 2.24) is 0 Å². The third-order valence-corrected chi connectivity index (χ3v) is 1.85. The molecule has 0 radical (unpaired) electrons. The van der Waals surface area contributed by atoms with Crippen LogP contribution in [0.1, 0.15) is 12.8 Å². The molecule has 0 aliphatic carbocycles. The highest BCUT2D eigenvalue weighted by molar-refractivity contribution is 5.71. The molecule has 2 unspecified atom stereocenters. The lowest BCUT2D eigenvalue weighted by Crippen LogP contribution is -2.31. The molecular formula is C8H14O6. The number of hydrogen-bond donors (Lipinski definition) is 3. The maximum absolute atomic E-state index is 10.7. The Kier molecular flexibility index (Phi) is 5.82. The normalized spacial score (nSPS) is 14.5. The van der Waals surface area contributed by atoms with Crippen molar-refractivity contribution in [2.24, 2.45) is 5.92 Å². The molecule has 0 rings (SSSR count). The van der Waals surface area contributed by atoms with Crippen molar-refractivity contribution < 1.29 is 29.6 Å². The molecule has 0 aliphatic heterocycles. The van der Waals surface area contributed by atoms with E-state index >= 15 is 0 Å². The Labute approximate surface area is 81.1 Å². The molecule has 2 atom stereocenters. The molecular weight excluding hydrogens is 192 g/mol. The topological polar surface area (TPSA) is 104 Å². The molecule has 82 valence electrons. The third-order valence-electron chi connectivity index (χ3n) is 1.85. The molecule has 14 heavy (non-hydrogen) atoms. The van der Waals surface area contributed by atoms with Crippen LogP contribution < -0.4 is 0 Å². The summed E-state index contributed by atoms with van der Waals surface area (Å²) >= 11 is 0. The summed E-state index contributed by atoms with van der Waals surface area (Å²) in [5.41, 5.74) is 0. The third kappa shape index (κ3) is 4.20. The van der Waals surface area contributed by atoms with Crippen LogP contribution in [0.3, 0.4) is 0 Å². The zero-order chi connectivity index (χ0) is 11.1. The second-order valence-electron chi connectivity index (χ2n) is 2.81. The number of carbonyl (C=O) groups excluding carboxylic acids is 1. The van der Waals surface area contributed by atoms with Crippen molar-refractivity contribution in [2.45, 2.75) is 18.9 Å². The molecule has 0 aromatic rings. The molecule has 0 heterocycles. The van der Waals surface area contributed by atoms with Crippen molar-refractivity contribution in [3.8, 4) is 0 Å². The van der Waals surface area contributed by atoms with Crippen LogP contribution in [-0.4, -0.2) is 47.1 Å². The second-order valence-corrected chi connectivity index (χ2v) is 2.81. The number of rotatable bonds is 6. The number of methoxy groups -OCH3 is 1. The van der Waals surface area contributed by atoms with Gasteiger partial charge in [-0.15, -0.1) is 0 Å². The van der Waals surface area contributed by atoms with Gasteiger partial charge < -0.3 is 20.1 Å². The monoisotopic (exact) mass is 206 g/mol. The maximum atomic E-state index is 10.7. The number of aliphatic hydroxyl groups excluding tert-OH is 2. The number of hydrogen-bond acceptors (Lipinski definition) is 5. The quantitative estimate of drug-likeness (QED) is 0.481. The summed E-state index contributed by atoms with van der Waals surface area (Å²) in [5.74, 6) is -3.06. The van der Waals surface area contributed by atoms with Crippen LogP contribution in [-0.2, 0) is 14.3 Å². The Morgan fingerprint density at radius 3 is 2.36 bits per heavy atom. The standard InChI is InChI=1S/C8H14O6/c1-14-7(11)3-2-6(10)5(4-9)8(12)13/h5-6,9-10H,2-4H2,1H3,(H,12,13). The van der Waals surface area contributed by atoms with Crippen LogP contribution in [0.15, 0.2) is 0 Å². The average molecular weight is 206 g/mol. The molecule has 0 saturated carbocycles. The Morgan fingerprint density at radius 2 is 2.00 bits per heavy atom. The minimum Gasteiger partial charge on any atom is -0.481 e. The highest BCUT2D eigenvalue weighted by Crippen LogP contribution is 2.10. The van der Waals surface area contributed by atoms with E-state index in [0.29, 0.717) is 0 Å². The van der Waals surface area contributed by atoms with Gasteiger partial charge in [0.1, 0.15) is 5.92 Å². The lowest BCUT2D eigenvalue weighted by atomic mass is 9.99.